The maximum absolute atomic E-state index is 2.58. The first kappa shape index (κ1) is 20.5. The van der Waals surface area contributed by atoms with Crippen molar-refractivity contribution >= 4 is 17.4 Å². The van der Waals surface area contributed by atoms with Gasteiger partial charge in [0.15, 0.2) is 0 Å². The molecule has 3 aromatic carbocycles. The molecule has 0 aromatic heterocycles. The third-order valence-corrected chi connectivity index (χ3v) is 5.93. The Bertz CT molecular complexity index is 777. The summed E-state index contributed by atoms with van der Waals surface area (Å²) in [5.41, 5.74) is 2.67. The highest BCUT2D eigenvalue weighted by Gasteiger charge is 2.08. The molecule has 0 aliphatic rings. The Morgan fingerprint density at radius 1 is 0.679 bits per heavy atom. The minimum atomic E-state index is 1.01. The fourth-order valence-electron chi connectivity index (χ4n) is 3.21. The fourth-order valence-corrected chi connectivity index (χ4v) is 4.07. The van der Waals surface area contributed by atoms with Crippen LogP contribution in [0.25, 0.3) is 0 Å². The Balaban J connectivity index is 1.50. The minimum absolute atomic E-state index is 1.01. The number of benzene rings is 3. The highest BCUT2D eigenvalue weighted by molar-refractivity contribution is 7.99. The topological polar surface area (TPSA) is 6.48 Å². The molecule has 28 heavy (non-hydrogen) atoms. The summed E-state index contributed by atoms with van der Waals surface area (Å²) in [4.78, 5) is 6.29. The number of nitrogens with zero attached hydrogens (tertiary/aromatic N) is 2. The monoisotopic (exact) mass is 390 g/mol. The number of para-hydroxylation sites is 1. The normalized spacial score (nSPS) is 10.9. The molecule has 0 aliphatic heterocycles. The fraction of sp³-hybridized carbons (Fsp3) is 0.280. The predicted molar refractivity (Wildman–Crippen MR) is 123 cm³/mol. The Kier molecular flexibility index (Phi) is 8.48. The van der Waals surface area contributed by atoms with Crippen molar-refractivity contribution in [3.63, 3.8) is 0 Å². The molecule has 0 aliphatic carbocycles. The van der Waals surface area contributed by atoms with Gasteiger partial charge in [-0.2, -0.15) is 0 Å². The maximum atomic E-state index is 2.58. The molecule has 0 saturated carbocycles. The lowest BCUT2D eigenvalue weighted by Crippen LogP contribution is -2.33. The van der Waals surface area contributed by atoms with E-state index in [4.69, 9.17) is 0 Å². The minimum Gasteiger partial charge on any atom is -0.373 e. The van der Waals surface area contributed by atoms with Gasteiger partial charge in [0, 0.05) is 37.3 Å². The number of thioether (sulfide) groups is 1. The number of likely N-dealkylation sites (N-methyl/N-ethyl adjacent to an activating group) is 1. The van der Waals surface area contributed by atoms with Gasteiger partial charge in [0.2, 0.25) is 0 Å². The third kappa shape index (κ3) is 7.06. The van der Waals surface area contributed by atoms with E-state index in [-0.39, 0.29) is 0 Å². The molecule has 2 nitrogen and oxygen atoms in total. The van der Waals surface area contributed by atoms with Crippen molar-refractivity contribution in [1.82, 2.24) is 4.90 Å². The van der Waals surface area contributed by atoms with Crippen LogP contribution < -0.4 is 4.90 Å². The Morgan fingerprint density at radius 2 is 1.29 bits per heavy atom. The van der Waals surface area contributed by atoms with E-state index in [0.29, 0.717) is 0 Å². The lowest BCUT2D eigenvalue weighted by molar-refractivity contribution is 0.273. The summed E-state index contributed by atoms with van der Waals surface area (Å²) in [6.45, 7) is 4.23. The van der Waals surface area contributed by atoms with Crippen molar-refractivity contribution in [3.8, 4) is 0 Å². The Morgan fingerprint density at radius 3 is 1.96 bits per heavy atom. The van der Waals surface area contributed by atoms with Crippen LogP contribution in [0, 0.1) is 0 Å². The van der Waals surface area contributed by atoms with E-state index in [1.807, 2.05) is 11.8 Å². The second-order valence-corrected chi connectivity index (χ2v) is 8.20. The van der Waals surface area contributed by atoms with Gasteiger partial charge >= 0.3 is 0 Å². The predicted octanol–water partition coefficient (Wildman–Crippen LogP) is 5.81. The molecular weight excluding hydrogens is 360 g/mol. The van der Waals surface area contributed by atoms with Crippen molar-refractivity contribution in [2.75, 3.05) is 37.3 Å². The summed E-state index contributed by atoms with van der Waals surface area (Å²) in [6.07, 6.45) is 1.20. The van der Waals surface area contributed by atoms with Crippen LogP contribution in [-0.4, -0.2) is 37.3 Å². The van der Waals surface area contributed by atoms with Gasteiger partial charge in [0.1, 0.15) is 0 Å². The van der Waals surface area contributed by atoms with E-state index in [1.165, 1.54) is 22.6 Å². The third-order valence-electron chi connectivity index (χ3n) is 4.83. The molecule has 0 saturated heterocycles. The smallest absolute Gasteiger partial charge is 0.0364 e. The largest absolute Gasteiger partial charge is 0.373 e. The van der Waals surface area contributed by atoms with E-state index in [0.717, 1.165) is 31.9 Å². The highest BCUT2D eigenvalue weighted by atomic mass is 32.2. The van der Waals surface area contributed by atoms with Gasteiger partial charge in [-0.15, -0.1) is 11.8 Å². The summed E-state index contributed by atoms with van der Waals surface area (Å²) < 4.78 is 0. The molecule has 0 bridgehead atoms. The lowest BCUT2D eigenvalue weighted by Gasteiger charge is -2.27. The second kappa shape index (κ2) is 11.6. The van der Waals surface area contributed by atoms with Crippen LogP contribution in [0.1, 0.15) is 12.0 Å². The number of hydrogen-bond acceptors (Lipinski definition) is 3. The summed E-state index contributed by atoms with van der Waals surface area (Å²) in [6, 6.07) is 32.2. The zero-order chi connectivity index (χ0) is 19.4. The van der Waals surface area contributed by atoms with Gasteiger partial charge in [-0.25, -0.2) is 0 Å². The van der Waals surface area contributed by atoms with Crippen molar-refractivity contribution in [2.45, 2.75) is 17.9 Å². The molecule has 146 valence electrons. The van der Waals surface area contributed by atoms with Crippen LogP contribution in [0.15, 0.2) is 95.9 Å². The van der Waals surface area contributed by atoms with Crippen LogP contribution in [0.3, 0.4) is 0 Å². The molecule has 0 heterocycles. The van der Waals surface area contributed by atoms with E-state index in [9.17, 15) is 0 Å². The zero-order valence-corrected chi connectivity index (χ0v) is 17.5. The molecule has 0 fully saturated rings. The summed E-state index contributed by atoms with van der Waals surface area (Å²) in [7, 11) is 2.18. The quantitative estimate of drug-likeness (QED) is 0.301. The second-order valence-electron chi connectivity index (χ2n) is 7.03. The molecule has 0 amide bonds. The van der Waals surface area contributed by atoms with Gasteiger partial charge in [-0.05, 0) is 48.5 Å². The van der Waals surface area contributed by atoms with Gasteiger partial charge in [0.05, 0.1) is 0 Å². The molecule has 3 heteroatoms. The molecule has 0 atom stereocenters. The van der Waals surface area contributed by atoms with Gasteiger partial charge < -0.3 is 4.90 Å². The molecular formula is C25H30N2S. The summed E-state index contributed by atoms with van der Waals surface area (Å²) in [5.74, 6) is 1.16. The molecule has 0 spiro atoms. The number of rotatable bonds is 11. The van der Waals surface area contributed by atoms with E-state index in [2.05, 4.69) is 108 Å². The zero-order valence-electron chi connectivity index (χ0n) is 16.7. The van der Waals surface area contributed by atoms with Crippen LogP contribution in [0.5, 0.6) is 0 Å². The molecule has 0 N–H and O–H groups in total. The van der Waals surface area contributed by atoms with Crippen LogP contribution in [0.4, 0.5) is 5.69 Å². The molecule has 3 rings (SSSR count). The van der Waals surface area contributed by atoms with E-state index in [1.54, 1.807) is 0 Å². The van der Waals surface area contributed by atoms with Gasteiger partial charge in [0.25, 0.3) is 0 Å². The van der Waals surface area contributed by atoms with E-state index >= 15 is 0 Å². The summed E-state index contributed by atoms with van der Waals surface area (Å²) in [5, 5.41) is 0. The first-order valence-corrected chi connectivity index (χ1v) is 11.0. The first-order valence-electron chi connectivity index (χ1n) is 10.0. The highest BCUT2D eigenvalue weighted by Crippen LogP contribution is 2.18. The van der Waals surface area contributed by atoms with Gasteiger partial charge in [-0.1, -0.05) is 66.7 Å². The average molecular weight is 391 g/mol. The van der Waals surface area contributed by atoms with Crippen molar-refractivity contribution in [1.29, 1.82) is 0 Å². The van der Waals surface area contributed by atoms with Crippen molar-refractivity contribution < 1.29 is 0 Å². The van der Waals surface area contributed by atoms with Gasteiger partial charge in [-0.3, -0.25) is 4.90 Å². The Labute approximate surface area is 174 Å². The van der Waals surface area contributed by atoms with Crippen LogP contribution in [-0.2, 0) is 6.54 Å². The SMILES string of the molecule is CN(CCN(CCCSc1ccccc1)Cc1ccccc1)c1ccccc1. The lowest BCUT2D eigenvalue weighted by atomic mass is 10.2. The van der Waals surface area contributed by atoms with Crippen LogP contribution >= 0.6 is 11.8 Å². The number of hydrogen-bond donors (Lipinski definition) is 0. The van der Waals surface area contributed by atoms with Crippen molar-refractivity contribution in [2.24, 2.45) is 0 Å². The average Bonchev–Trinajstić information content (AvgIpc) is 2.76. The van der Waals surface area contributed by atoms with Crippen molar-refractivity contribution in [3.05, 3.63) is 96.6 Å². The summed E-state index contributed by atoms with van der Waals surface area (Å²) >= 11 is 1.95. The number of anilines is 1. The van der Waals surface area contributed by atoms with Crippen LogP contribution in [0.2, 0.25) is 0 Å². The van der Waals surface area contributed by atoms with E-state index < -0.39 is 0 Å². The first-order chi connectivity index (χ1) is 13.8. The maximum Gasteiger partial charge on any atom is 0.0364 e. The molecule has 3 aromatic rings. The molecule has 0 radical (unpaired) electrons. The molecule has 0 unspecified atom stereocenters. The standard InChI is InChI=1S/C25H30N2S/c1-26(24-14-7-3-8-15-24)19-20-27(22-23-12-5-2-6-13-23)18-11-21-28-25-16-9-4-10-17-25/h2-10,12-17H,11,18-22H2,1H3. The Hall–Kier alpha value is -2.23.